The van der Waals surface area contributed by atoms with Crippen LogP contribution < -0.4 is 16.0 Å². The van der Waals surface area contributed by atoms with Gasteiger partial charge in [-0.3, -0.25) is 14.4 Å². The lowest BCUT2D eigenvalue weighted by Gasteiger charge is -2.14. The number of hydrogen-bond donors (Lipinski definition) is 3. The van der Waals surface area contributed by atoms with Crippen LogP contribution in [0.2, 0.25) is 0 Å². The number of carbonyl (C=O) groups is 3. The first kappa shape index (κ1) is 33.4. The maximum absolute atomic E-state index is 13.8. The molecule has 0 saturated carbocycles. The van der Waals surface area contributed by atoms with Crippen molar-refractivity contribution in [2.45, 2.75) is 30.5 Å². The van der Waals surface area contributed by atoms with E-state index in [2.05, 4.69) is 45.6 Å². The molecule has 1 aromatic heterocycles. The zero-order valence-electron chi connectivity index (χ0n) is 28.2. The fourth-order valence-corrected chi connectivity index (χ4v) is 7.22. The zero-order valence-corrected chi connectivity index (χ0v) is 29.0. The van der Waals surface area contributed by atoms with E-state index < -0.39 is 17.1 Å². The van der Waals surface area contributed by atoms with Crippen LogP contribution in [0.1, 0.15) is 29.8 Å². The minimum atomic E-state index is -0.472. The average Bonchev–Trinajstić information content (AvgIpc) is 3.48. The Balaban J connectivity index is 1.08. The Bertz CT molecular complexity index is 2450. The summed E-state index contributed by atoms with van der Waals surface area (Å²) in [5.41, 5.74) is 4.91. The molecule has 0 saturated heterocycles. The predicted octanol–water partition coefficient (Wildman–Crippen LogP) is 9.50. The van der Waals surface area contributed by atoms with Crippen molar-refractivity contribution < 1.29 is 14.4 Å². The highest BCUT2D eigenvalue weighted by Crippen LogP contribution is 2.32. The summed E-state index contributed by atoms with van der Waals surface area (Å²) in [6.07, 6.45) is 1.70. The molecule has 0 aliphatic rings. The molecule has 8 heteroatoms. The maximum Gasteiger partial charge on any atom is 0.272 e. The van der Waals surface area contributed by atoms with E-state index in [0.29, 0.717) is 11.3 Å². The van der Waals surface area contributed by atoms with Crippen molar-refractivity contribution in [3.8, 4) is 0 Å². The third kappa shape index (κ3) is 7.27. The highest BCUT2D eigenvalue weighted by molar-refractivity contribution is 8.00. The topological polar surface area (TPSA) is 92.2 Å². The molecule has 0 aliphatic carbocycles. The van der Waals surface area contributed by atoms with Crippen molar-refractivity contribution in [1.29, 1.82) is 0 Å². The molecule has 1 heterocycles. The predicted molar refractivity (Wildman–Crippen MR) is 210 cm³/mol. The first-order valence-electron chi connectivity index (χ1n) is 16.8. The Labute approximate surface area is 300 Å². The lowest BCUT2D eigenvalue weighted by molar-refractivity contribution is -0.115. The van der Waals surface area contributed by atoms with Gasteiger partial charge < -0.3 is 20.5 Å². The Hall–Kier alpha value is -6.12. The number of thioether (sulfide) groups is 1. The third-order valence-electron chi connectivity index (χ3n) is 8.78. The molecule has 3 amide bonds. The van der Waals surface area contributed by atoms with Gasteiger partial charge in [-0.2, -0.15) is 0 Å². The number of anilines is 2. The smallest absolute Gasteiger partial charge is 0.272 e. The lowest BCUT2D eigenvalue weighted by atomic mass is 10.0. The Kier molecular flexibility index (Phi) is 9.67. The number of nitrogens with zero attached hydrogens (tertiary/aromatic N) is 1. The fraction of sp³-hybridized carbons (Fsp3) is 0.0930. The standard InChI is InChI=1S/C43H36N4O3S/c1-3-47-39-22-10-9-21-36(39)37-27-33(23-24-40(37)47)44-41(48)28(2)51-34-19-12-18-32(26-34)45-43(50)38(46-42(49)30-14-5-4-6-15-30)25-31-17-11-16-29-13-7-8-20-35(29)31/h4-28H,3H2,1-2H3,(H,44,48)(H,45,50)(H,46,49)/b38-25+. The second-order valence-electron chi connectivity index (χ2n) is 12.2. The highest BCUT2D eigenvalue weighted by atomic mass is 32.2. The van der Waals surface area contributed by atoms with Crippen LogP contribution >= 0.6 is 11.8 Å². The van der Waals surface area contributed by atoms with Crippen molar-refractivity contribution >= 4 is 79.5 Å². The summed E-state index contributed by atoms with van der Waals surface area (Å²) < 4.78 is 2.28. The van der Waals surface area contributed by atoms with E-state index in [1.54, 1.807) is 36.4 Å². The number of para-hydroxylation sites is 1. The highest BCUT2D eigenvalue weighted by Gasteiger charge is 2.19. The summed E-state index contributed by atoms with van der Waals surface area (Å²) in [4.78, 5) is 41.2. The number of nitrogens with one attached hydrogen (secondary N) is 3. The molecular weight excluding hydrogens is 653 g/mol. The molecule has 6 aromatic carbocycles. The van der Waals surface area contributed by atoms with Crippen molar-refractivity contribution in [2.75, 3.05) is 10.6 Å². The molecule has 1 unspecified atom stereocenters. The van der Waals surface area contributed by atoms with E-state index in [4.69, 9.17) is 0 Å². The third-order valence-corrected chi connectivity index (χ3v) is 9.88. The number of aryl methyl sites for hydroxylation is 1. The van der Waals surface area contributed by atoms with E-state index in [1.165, 1.54) is 17.3 Å². The van der Waals surface area contributed by atoms with E-state index in [1.807, 2.05) is 97.9 Å². The molecule has 252 valence electrons. The Morgan fingerprint density at radius 2 is 1.37 bits per heavy atom. The van der Waals surface area contributed by atoms with Gasteiger partial charge in [0.1, 0.15) is 5.70 Å². The lowest BCUT2D eigenvalue weighted by Crippen LogP contribution is -2.30. The van der Waals surface area contributed by atoms with Crippen LogP contribution in [0.3, 0.4) is 0 Å². The van der Waals surface area contributed by atoms with Crippen molar-refractivity contribution in [1.82, 2.24) is 9.88 Å². The van der Waals surface area contributed by atoms with Gasteiger partial charge in [0.2, 0.25) is 5.91 Å². The second-order valence-corrected chi connectivity index (χ2v) is 13.6. The second kappa shape index (κ2) is 14.8. The van der Waals surface area contributed by atoms with Crippen LogP contribution in [-0.4, -0.2) is 27.5 Å². The molecule has 51 heavy (non-hydrogen) atoms. The first-order valence-corrected chi connectivity index (χ1v) is 17.7. The molecule has 7 nitrogen and oxygen atoms in total. The Morgan fingerprint density at radius 3 is 2.20 bits per heavy atom. The van der Waals surface area contributed by atoms with Crippen molar-refractivity contribution in [2.24, 2.45) is 0 Å². The van der Waals surface area contributed by atoms with Crippen molar-refractivity contribution in [3.63, 3.8) is 0 Å². The number of aromatic nitrogens is 1. The van der Waals surface area contributed by atoms with Crippen LogP contribution in [0.25, 0.3) is 38.7 Å². The fourth-order valence-electron chi connectivity index (χ4n) is 6.29. The van der Waals surface area contributed by atoms with Gasteiger partial charge in [0.05, 0.1) is 5.25 Å². The molecule has 7 aromatic rings. The normalized spacial score (nSPS) is 12.2. The number of amides is 3. The molecule has 0 radical (unpaired) electrons. The number of hydrogen-bond acceptors (Lipinski definition) is 4. The van der Waals surface area contributed by atoms with Crippen LogP contribution in [0.4, 0.5) is 11.4 Å². The van der Waals surface area contributed by atoms with Crippen LogP contribution in [0.5, 0.6) is 0 Å². The van der Waals surface area contributed by atoms with Crippen LogP contribution in [0.15, 0.2) is 150 Å². The quantitative estimate of drug-likeness (QED) is 0.0986. The van der Waals surface area contributed by atoms with E-state index >= 15 is 0 Å². The summed E-state index contributed by atoms with van der Waals surface area (Å²) in [5, 5.41) is 12.7. The van der Waals surface area contributed by atoms with Gasteiger partial charge in [-0.1, -0.05) is 84.9 Å². The summed E-state index contributed by atoms with van der Waals surface area (Å²) in [6.45, 7) is 4.84. The van der Waals surface area contributed by atoms with Gasteiger partial charge in [0.15, 0.2) is 0 Å². The van der Waals surface area contributed by atoms with E-state index in [0.717, 1.165) is 49.8 Å². The van der Waals surface area contributed by atoms with Gasteiger partial charge >= 0.3 is 0 Å². The minimum absolute atomic E-state index is 0.102. The summed E-state index contributed by atoms with van der Waals surface area (Å²) in [7, 11) is 0. The summed E-state index contributed by atoms with van der Waals surface area (Å²) in [6, 6.07) is 44.2. The maximum atomic E-state index is 13.8. The molecule has 0 aliphatic heterocycles. The van der Waals surface area contributed by atoms with Gasteiger partial charge in [-0.25, -0.2) is 0 Å². The SMILES string of the molecule is CCn1c2ccccc2c2cc(NC(=O)C(C)Sc3cccc(NC(=O)/C(=C\c4cccc5ccccc45)NC(=O)c4ccccc4)c3)ccc21. The molecule has 0 bridgehead atoms. The number of carbonyl (C=O) groups excluding carboxylic acids is 3. The summed E-state index contributed by atoms with van der Waals surface area (Å²) >= 11 is 1.39. The van der Waals surface area contributed by atoms with Crippen LogP contribution in [0, 0.1) is 0 Å². The molecular formula is C43H36N4O3S. The van der Waals surface area contributed by atoms with Crippen molar-refractivity contribution in [3.05, 3.63) is 156 Å². The number of fused-ring (bicyclic) bond motifs is 4. The minimum Gasteiger partial charge on any atom is -0.341 e. The number of rotatable bonds is 10. The average molecular weight is 689 g/mol. The van der Waals surface area contributed by atoms with E-state index in [9.17, 15) is 14.4 Å². The van der Waals surface area contributed by atoms with Gasteiger partial charge in [-0.05, 0) is 90.9 Å². The zero-order chi connectivity index (χ0) is 35.3. The molecule has 1 atom stereocenters. The molecule has 7 rings (SSSR count). The molecule has 3 N–H and O–H groups in total. The first-order chi connectivity index (χ1) is 24.9. The largest absolute Gasteiger partial charge is 0.341 e. The number of benzene rings is 6. The van der Waals surface area contributed by atoms with Crippen LogP contribution in [-0.2, 0) is 16.1 Å². The van der Waals surface area contributed by atoms with Gasteiger partial charge in [0, 0.05) is 50.2 Å². The monoisotopic (exact) mass is 688 g/mol. The van der Waals surface area contributed by atoms with E-state index in [-0.39, 0.29) is 11.6 Å². The Morgan fingerprint density at radius 1 is 0.686 bits per heavy atom. The van der Waals surface area contributed by atoms with Gasteiger partial charge in [-0.15, -0.1) is 11.8 Å². The molecule has 0 fully saturated rings. The molecule has 0 spiro atoms. The van der Waals surface area contributed by atoms with Gasteiger partial charge in [0.25, 0.3) is 11.8 Å². The summed E-state index contributed by atoms with van der Waals surface area (Å²) in [5.74, 6) is -0.992.